The minimum atomic E-state index is -0.862. The lowest BCUT2D eigenvalue weighted by Crippen LogP contribution is -2.37. The second-order valence-corrected chi connectivity index (χ2v) is 4.98. The molecule has 0 radical (unpaired) electrons. The number of hydrogen-bond acceptors (Lipinski definition) is 4. The molecule has 1 aromatic rings. The maximum atomic E-state index is 14.2. The molecule has 2 aliphatic rings. The topological polar surface area (TPSA) is 64.9 Å². The number of amidine groups is 1. The van der Waals surface area contributed by atoms with Crippen LogP contribution in [-0.2, 0) is 4.79 Å². The Kier molecular flexibility index (Phi) is 3.30. The zero-order chi connectivity index (χ0) is 14.1. The van der Waals surface area contributed by atoms with Gasteiger partial charge in [-0.15, -0.1) is 0 Å². The number of carbonyl (C=O) groups is 1. The molecule has 0 spiro atoms. The highest BCUT2D eigenvalue weighted by molar-refractivity contribution is 6.05. The summed E-state index contributed by atoms with van der Waals surface area (Å²) in [5.41, 5.74) is 1.00. The number of carboxylic acid groups (broad SMARTS) is 1. The quantitative estimate of drug-likeness (QED) is 0.872. The van der Waals surface area contributed by atoms with Crippen molar-refractivity contribution < 1.29 is 14.3 Å². The minimum Gasteiger partial charge on any atom is -0.480 e. The van der Waals surface area contributed by atoms with Gasteiger partial charge in [-0.05, 0) is 25.0 Å². The summed E-state index contributed by atoms with van der Waals surface area (Å²) in [6.07, 6.45) is 1.39. The lowest BCUT2D eigenvalue weighted by atomic mass is 10.1. The number of carboxylic acids is 1. The lowest BCUT2D eigenvalue weighted by Gasteiger charge is -2.26. The summed E-state index contributed by atoms with van der Waals surface area (Å²) in [5, 5.41) is 12.3. The van der Waals surface area contributed by atoms with Crippen LogP contribution in [0.5, 0.6) is 0 Å². The fraction of sp³-hybridized carbons (Fsp3) is 0.429. The summed E-state index contributed by atoms with van der Waals surface area (Å²) >= 11 is 0. The zero-order valence-corrected chi connectivity index (χ0v) is 11.0. The number of hydrogen-bond donors (Lipinski definition) is 2. The Balaban J connectivity index is 2.05. The maximum Gasteiger partial charge on any atom is 0.326 e. The van der Waals surface area contributed by atoms with E-state index in [0.29, 0.717) is 43.1 Å². The van der Waals surface area contributed by atoms with Crippen LogP contribution in [0.4, 0.5) is 10.1 Å². The van der Waals surface area contributed by atoms with Gasteiger partial charge in [0, 0.05) is 13.1 Å². The van der Waals surface area contributed by atoms with Crippen molar-refractivity contribution in [1.82, 2.24) is 5.32 Å². The fourth-order valence-electron chi connectivity index (χ4n) is 2.86. The second kappa shape index (κ2) is 5.11. The molecule has 0 aliphatic carbocycles. The number of benzene rings is 1. The smallest absolute Gasteiger partial charge is 0.326 e. The third-order valence-electron chi connectivity index (χ3n) is 3.75. The van der Waals surface area contributed by atoms with Crippen molar-refractivity contribution in [3.63, 3.8) is 0 Å². The molecular weight excluding hydrogens is 261 g/mol. The zero-order valence-electron chi connectivity index (χ0n) is 11.0. The van der Waals surface area contributed by atoms with E-state index in [2.05, 4.69) is 10.3 Å². The van der Waals surface area contributed by atoms with Gasteiger partial charge in [0.25, 0.3) is 0 Å². The molecular formula is C14H16FN3O2. The van der Waals surface area contributed by atoms with Gasteiger partial charge in [0.1, 0.15) is 17.7 Å². The summed E-state index contributed by atoms with van der Waals surface area (Å²) in [6.45, 7) is 1.93. The summed E-state index contributed by atoms with van der Waals surface area (Å²) in [4.78, 5) is 17.3. The molecule has 106 valence electrons. The molecule has 0 aromatic heterocycles. The van der Waals surface area contributed by atoms with Crippen LogP contribution in [0.25, 0.3) is 0 Å². The Hall–Kier alpha value is -2.11. The van der Waals surface area contributed by atoms with Gasteiger partial charge in [-0.1, -0.05) is 6.07 Å². The SMILES string of the molecule is O=C(O)C1CCCN1c1cccc(F)c1C1=NCCN1. The van der Waals surface area contributed by atoms with Crippen LogP contribution < -0.4 is 10.2 Å². The average molecular weight is 277 g/mol. The van der Waals surface area contributed by atoms with Crippen LogP contribution in [0.2, 0.25) is 0 Å². The lowest BCUT2D eigenvalue weighted by molar-refractivity contribution is -0.138. The highest BCUT2D eigenvalue weighted by atomic mass is 19.1. The molecule has 1 saturated heterocycles. The van der Waals surface area contributed by atoms with Crippen molar-refractivity contribution in [3.8, 4) is 0 Å². The summed E-state index contributed by atoms with van der Waals surface area (Å²) in [6, 6.07) is 4.17. The molecule has 2 N–H and O–H groups in total. The predicted molar refractivity (Wildman–Crippen MR) is 73.8 cm³/mol. The van der Waals surface area contributed by atoms with E-state index < -0.39 is 12.0 Å². The van der Waals surface area contributed by atoms with Crippen molar-refractivity contribution in [1.29, 1.82) is 0 Å². The number of rotatable bonds is 3. The third-order valence-corrected chi connectivity index (χ3v) is 3.75. The van der Waals surface area contributed by atoms with Crippen LogP contribution in [-0.4, -0.2) is 42.6 Å². The monoisotopic (exact) mass is 277 g/mol. The molecule has 20 heavy (non-hydrogen) atoms. The Morgan fingerprint density at radius 3 is 3.05 bits per heavy atom. The van der Waals surface area contributed by atoms with Crippen LogP contribution in [0.3, 0.4) is 0 Å². The molecule has 1 atom stereocenters. The standard InChI is InChI=1S/C14H16FN3O2/c15-9-3-1-4-10(12(9)13-16-6-7-17-13)18-8-2-5-11(18)14(19)20/h1,3-4,11H,2,5-8H2,(H,16,17)(H,19,20). The van der Waals surface area contributed by atoms with Crippen molar-refractivity contribution in [2.75, 3.05) is 24.5 Å². The average Bonchev–Trinajstić information content (AvgIpc) is 3.09. The molecule has 3 rings (SSSR count). The highest BCUT2D eigenvalue weighted by Crippen LogP contribution is 2.31. The molecule has 6 heteroatoms. The van der Waals surface area contributed by atoms with E-state index in [1.54, 1.807) is 17.0 Å². The Morgan fingerprint density at radius 1 is 1.50 bits per heavy atom. The van der Waals surface area contributed by atoms with Crippen LogP contribution in [0, 0.1) is 5.82 Å². The Labute approximate surface area is 116 Å². The second-order valence-electron chi connectivity index (χ2n) is 4.98. The minimum absolute atomic E-state index is 0.369. The van der Waals surface area contributed by atoms with Crippen LogP contribution in [0.1, 0.15) is 18.4 Å². The maximum absolute atomic E-state index is 14.2. The van der Waals surface area contributed by atoms with Crippen molar-refractivity contribution in [3.05, 3.63) is 29.6 Å². The van der Waals surface area contributed by atoms with Gasteiger partial charge >= 0.3 is 5.97 Å². The first-order valence-electron chi connectivity index (χ1n) is 6.75. The summed E-state index contributed by atoms with van der Waals surface area (Å²) in [7, 11) is 0. The van der Waals surface area contributed by atoms with Gasteiger partial charge in [0.15, 0.2) is 0 Å². The molecule has 0 saturated carbocycles. The van der Waals surface area contributed by atoms with Crippen LogP contribution in [0.15, 0.2) is 23.2 Å². The van der Waals surface area contributed by atoms with E-state index in [0.717, 1.165) is 6.42 Å². The number of aliphatic carboxylic acids is 1. The first-order chi connectivity index (χ1) is 9.68. The predicted octanol–water partition coefficient (Wildman–Crippen LogP) is 1.23. The van der Waals surface area contributed by atoms with Gasteiger partial charge < -0.3 is 15.3 Å². The molecule has 5 nitrogen and oxygen atoms in total. The highest BCUT2D eigenvalue weighted by Gasteiger charge is 2.33. The molecule has 0 bridgehead atoms. The van der Waals surface area contributed by atoms with Gasteiger partial charge in [0.05, 0.1) is 17.8 Å². The normalized spacial score (nSPS) is 21.8. The van der Waals surface area contributed by atoms with Gasteiger partial charge in [0.2, 0.25) is 0 Å². The molecule has 0 amide bonds. The number of nitrogens with zero attached hydrogens (tertiary/aromatic N) is 2. The van der Waals surface area contributed by atoms with E-state index >= 15 is 0 Å². The van der Waals surface area contributed by atoms with Gasteiger partial charge in [-0.2, -0.15) is 0 Å². The fourth-order valence-corrected chi connectivity index (χ4v) is 2.86. The molecule has 1 unspecified atom stereocenters. The van der Waals surface area contributed by atoms with E-state index in [1.165, 1.54) is 6.07 Å². The first-order valence-corrected chi connectivity index (χ1v) is 6.75. The Morgan fingerprint density at radius 2 is 2.35 bits per heavy atom. The number of halogens is 1. The van der Waals surface area contributed by atoms with Crippen molar-refractivity contribution in [2.24, 2.45) is 4.99 Å². The van der Waals surface area contributed by atoms with Gasteiger partial charge in [-0.25, -0.2) is 9.18 Å². The Bertz CT molecular complexity index is 574. The summed E-state index contributed by atoms with van der Waals surface area (Å²) in [5.74, 6) is -0.708. The van der Waals surface area contributed by atoms with Crippen molar-refractivity contribution in [2.45, 2.75) is 18.9 Å². The van der Waals surface area contributed by atoms with E-state index in [-0.39, 0.29) is 5.82 Å². The van der Waals surface area contributed by atoms with E-state index in [4.69, 9.17) is 0 Å². The first kappa shape index (κ1) is 12.9. The number of aliphatic imine (C=N–C) groups is 1. The number of nitrogens with one attached hydrogen (secondary N) is 1. The van der Waals surface area contributed by atoms with Gasteiger partial charge in [-0.3, -0.25) is 4.99 Å². The van der Waals surface area contributed by atoms with Crippen molar-refractivity contribution >= 4 is 17.5 Å². The van der Waals surface area contributed by atoms with E-state index in [9.17, 15) is 14.3 Å². The number of anilines is 1. The van der Waals surface area contributed by atoms with E-state index in [1.807, 2.05) is 0 Å². The molecule has 1 fully saturated rings. The molecule has 2 aliphatic heterocycles. The largest absolute Gasteiger partial charge is 0.480 e. The summed E-state index contributed by atoms with van der Waals surface area (Å²) < 4.78 is 14.2. The third kappa shape index (κ3) is 2.11. The van der Waals surface area contributed by atoms with Crippen LogP contribution >= 0.6 is 0 Å². The molecule has 1 aromatic carbocycles. The molecule has 2 heterocycles.